The molecule has 3 aromatic rings. The molecule has 0 saturated carbocycles. The number of aromatic nitrogens is 3. The van der Waals surface area contributed by atoms with Crippen LogP contribution in [0.5, 0.6) is 0 Å². The summed E-state index contributed by atoms with van der Waals surface area (Å²) in [5.74, 6) is -2.24. The van der Waals surface area contributed by atoms with E-state index in [9.17, 15) is 18.8 Å². The summed E-state index contributed by atoms with van der Waals surface area (Å²) in [6.07, 6.45) is 0. The Kier molecular flexibility index (Phi) is 4.46. The lowest BCUT2D eigenvalue weighted by atomic mass is 10.2. The van der Waals surface area contributed by atoms with Crippen LogP contribution in [0, 0.1) is 5.82 Å². The third kappa shape index (κ3) is 3.50. The van der Waals surface area contributed by atoms with Crippen LogP contribution in [0.15, 0.2) is 53.3 Å². The van der Waals surface area contributed by atoms with Crippen molar-refractivity contribution < 1.29 is 14.0 Å². The van der Waals surface area contributed by atoms with Gasteiger partial charge < -0.3 is 0 Å². The maximum absolute atomic E-state index is 13.5. The third-order valence-electron chi connectivity index (χ3n) is 3.36. The number of carbonyl (C=O) groups excluding carboxylic acids is 2. The zero-order chi connectivity index (χ0) is 17.8. The lowest BCUT2D eigenvalue weighted by Crippen LogP contribution is -2.44. The Morgan fingerprint density at radius 3 is 2.56 bits per heavy atom. The Labute approximate surface area is 140 Å². The van der Waals surface area contributed by atoms with Crippen LogP contribution in [0.2, 0.25) is 0 Å². The SMILES string of the molecule is O=C(Cn1nnc2ccccc2c1=O)NNC(=O)c1ccccc1F. The van der Waals surface area contributed by atoms with E-state index in [2.05, 4.69) is 21.2 Å². The molecule has 1 heterocycles. The van der Waals surface area contributed by atoms with Crippen LogP contribution < -0.4 is 16.4 Å². The number of fused-ring (bicyclic) bond motifs is 1. The Hall–Kier alpha value is -3.62. The summed E-state index contributed by atoms with van der Waals surface area (Å²) in [6, 6.07) is 11.9. The highest BCUT2D eigenvalue weighted by Crippen LogP contribution is 2.05. The van der Waals surface area contributed by atoms with Gasteiger partial charge in [0.1, 0.15) is 17.9 Å². The van der Waals surface area contributed by atoms with Crippen molar-refractivity contribution in [1.29, 1.82) is 0 Å². The Balaban J connectivity index is 1.67. The molecule has 0 bridgehead atoms. The highest BCUT2D eigenvalue weighted by molar-refractivity contribution is 5.95. The van der Waals surface area contributed by atoms with Gasteiger partial charge in [0.15, 0.2) is 0 Å². The molecule has 9 heteroatoms. The normalized spacial score (nSPS) is 10.4. The molecular formula is C16H12FN5O3. The van der Waals surface area contributed by atoms with Crippen molar-refractivity contribution in [3.05, 3.63) is 70.3 Å². The second kappa shape index (κ2) is 6.87. The van der Waals surface area contributed by atoms with Gasteiger partial charge in [-0.2, -0.15) is 0 Å². The van der Waals surface area contributed by atoms with Crippen LogP contribution >= 0.6 is 0 Å². The maximum atomic E-state index is 13.5. The van der Waals surface area contributed by atoms with Gasteiger partial charge in [-0.3, -0.25) is 25.2 Å². The fraction of sp³-hybridized carbons (Fsp3) is 0.0625. The number of nitrogens with one attached hydrogen (secondary N) is 2. The average Bonchev–Trinajstić information content (AvgIpc) is 2.63. The Morgan fingerprint density at radius 1 is 1.04 bits per heavy atom. The van der Waals surface area contributed by atoms with Gasteiger partial charge in [0, 0.05) is 0 Å². The van der Waals surface area contributed by atoms with E-state index in [0.717, 1.165) is 10.7 Å². The molecule has 0 radical (unpaired) electrons. The fourth-order valence-corrected chi connectivity index (χ4v) is 2.14. The van der Waals surface area contributed by atoms with Crippen LogP contribution in [0.1, 0.15) is 10.4 Å². The molecule has 0 fully saturated rings. The summed E-state index contributed by atoms with van der Waals surface area (Å²) in [7, 11) is 0. The van der Waals surface area contributed by atoms with E-state index in [1.54, 1.807) is 24.3 Å². The molecule has 0 saturated heterocycles. The summed E-state index contributed by atoms with van der Waals surface area (Å²) in [6.45, 7) is -0.450. The zero-order valence-corrected chi connectivity index (χ0v) is 12.8. The number of halogens is 1. The smallest absolute Gasteiger partial charge is 0.271 e. The maximum Gasteiger partial charge on any atom is 0.278 e. The van der Waals surface area contributed by atoms with Gasteiger partial charge in [-0.05, 0) is 24.3 Å². The van der Waals surface area contributed by atoms with Crippen LogP contribution in [-0.2, 0) is 11.3 Å². The second-order valence-corrected chi connectivity index (χ2v) is 5.05. The standard InChI is InChI=1S/C16H12FN5O3/c17-12-7-3-1-5-10(12)15(24)20-19-14(23)9-22-16(25)11-6-2-4-8-13(11)18-21-22/h1-8H,9H2,(H,19,23)(H,20,24). The van der Waals surface area contributed by atoms with Crippen LogP contribution in [0.25, 0.3) is 10.9 Å². The lowest BCUT2D eigenvalue weighted by molar-refractivity contribution is -0.122. The summed E-state index contributed by atoms with van der Waals surface area (Å²) < 4.78 is 14.3. The molecule has 25 heavy (non-hydrogen) atoms. The molecule has 3 rings (SSSR count). The van der Waals surface area contributed by atoms with E-state index in [4.69, 9.17) is 0 Å². The molecule has 0 spiro atoms. The van der Waals surface area contributed by atoms with Crippen molar-refractivity contribution in [2.45, 2.75) is 6.54 Å². The van der Waals surface area contributed by atoms with Gasteiger partial charge in [0.25, 0.3) is 17.4 Å². The van der Waals surface area contributed by atoms with Crippen molar-refractivity contribution in [3.63, 3.8) is 0 Å². The minimum atomic E-state index is -0.816. The second-order valence-electron chi connectivity index (χ2n) is 5.05. The monoisotopic (exact) mass is 341 g/mol. The van der Waals surface area contributed by atoms with E-state index in [0.29, 0.717) is 10.9 Å². The lowest BCUT2D eigenvalue weighted by Gasteiger charge is -2.08. The molecule has 0 aliphatic rings. The average molecular weight is 341 g/mol. The largest absolute Gasteiger partial charge is 0.278 e. The topological polar surface area (TPSA) is 106 Å². The molecule has 0 aliphatic carbocycles. The third-order valence-corrected chi connectivity index (χ3v) is 3.36. The number of hydrazine groups is 1. The number of hydrogen-bond acceptors (Lipinski definition) is 5. The fourth-order valence-electron chi connectivity index (χ4n) is 2.14. The number of amides is 2. The van der Waals surface area contributed by atoms with Gasteiger partial charge in [0.2, 0.25) is 0 Å². The number of hydrogen-bond donors (Lipinski definition) is 2. The Bertz CT molecular complexity index is 1020. The molecule has 2 N–H and O–H groups in total. The first-order chi connectivity index (χ1) is 12.1. The van der Waals surface area contributed by atoms with Gasteiger partial charge in [-0.25, -0.2) is 9.07 Å². The predicted octanol–water partition coefficient (Wildman–Crippen LogP) is 0.392. The Morgan fingerprint density at radius 2 is 1.76 bits per heavy atom. The molecule has 1 aromatic heterocycles. The van der Waals surface area contributed by atoms with Crippen LogP contribution in [0.3, 0.4) is 0 Å². The van der Waals surface area contributed by atoms with Crippen molar-refractivity contribution in [1.82, 2.24) is 25.8 Å². The summed E-state index contributed by atoms with van der Waals surface area (Å²) in [5, 5.41) is 7.83. The highest BCUT2D eigenvalue weighted by Gasteiger charge is 2.13. The number of carbonyl (C=O) groups is 2. The predicted molar refractivity (Wildman–Crippen MR) is 85.8 cm³/mol. The van der Waals surface area contributed by atoms with Crippen molar-refractivity contribution in [2.75, 3.05) is 0 Å². The van der Waals surface area contributed by atoms with Crippen LogP contribution in [0.4, 0.5) is 4.39 Å². The first-order valence-electron chi connectivity index (χ1n) is 7.22. The van der Waals surface area contributed by atoms with E-state index in [1.807, 2.05) is 0 Å². The van der Waals surface area contributed by atoms with E-state index in [1.165, 1.54) is 18.2 Å². The van der Waals surface area contributed by atoms with Crippen molar-refractivity contribution >= 4 is 22.7 Å². The number of rotatable bonds is 3. The molecule has 2 aromatic carbocycles. The minimum Gasteiger partial charge on any atom is -0.271 e. The van der Waals surface area contributed by atoms with Gasteiger partial charge in [-0.15, -0.1) is 5.10 Å². The minimum absolute atomic E-state index is 0.217. The van der Waals surface area contributed by atoms with E-state index >= 15 is 0 Å². The first-order valence-corrected chi connectivity index (χ1v) is 7.22. The van der Waals surface area contributed by atoms with Crippen molar-refractivity contribution in [2.24, 2.45) is 0 Å². The molecule has 0 aliphatic heterocycles. The molecule has 126 valence electrons. The van der Waals surface area contributed by atoms with Crippen LogP contribution in [-0.4, -0.2) is 26.8 Å². The molecular weight excluding hydrogens is 329 g/mol. The molecule has 8 nitrogen and oxygen atoms in total. The summed E-state index contributed by atoms with van der Waals surface area (Å²) >= 11 is 0. The van der Waals surface area contributed by atoms with Gasteiger partial charge in [0.05, 0.1) is 10.9 Å². The summed E-state index contributed by atoms with van der Waals surface area (Å²) in [4.78, 5) is 35.9. The first kappa shape index (κ1) is 16.2. The van der Waals surface area contributed by atoms with Gasteiger partial charge >= 0.3 is 0 Å². The quantitative estimate of drug-likeness (QED) is 0.671. The highest BCUT2D eigenvalue weighted by atomic mass is 19.1. The number of benzene rings is 2. The van der Waals surface area contributed by atoms with Crippen molar-refractivity contribution in [3.8, 4) is 0 Å². The van der Waals surface area contributed by atoms with Gasteiger partial charge in [-0.1, -0.05) is 29.5 Å². The molecule has 0 atom stereocenters. The molecule has 0 unspecified atom stereocenters. The molecule has 2 amide bonds. The van der Waals surface area contributed by atoms with E-state index in [-0.39, 0.29) is 5.56 Å². The zero-order valence-electron chi connectivity index (χ0n) is 12.8. The number of nitrogens with zero attached hydrogens (tertiary/aromatic N) is 3. The van der Waals surface area contributed by atoms with E-state index < -0.39 is 29.7 Å². The summed E-state index contributed by atoms with van der Waals surface area (Å²) in [5.41, 5.74) is 3.89.